The van der Waals surface area contributed by atoms with E-state index in [4.69, 9.17) is 10.5 Å². The van der Waals surface area contributed by atoms with Gasteiger partial charge in [-0.1, -0.05) is 32.0 Å². The molecule has 0 aliphatic carbocycles. The SMILES string of the molecule is Cc1cccn2cc(COc3ccc(CN4CCC(N)C(C)(C)C4)cc3)nc12.Cl. The highest BCUT2D eigenvalue weighted by molar-refractivity contribution is 5.85. The number of aryl methyl sites for hydroxylation is 1. The van der Waals surface area contributed by atoms with Crippen LogP contribution in [0.25, 0.3) is 5.65 Å². The summed E-state index contributed by atoms with van der Waals surface area (Å²) < 4.78 is 7.99. The van der Waals surface area contributed by atoms with Crippen molar-refractivity contribution >= 4 is 18.1 Å². The molecule has 1 aliphatic heterocycles. The van der Waals surface area contributed by atoms with E-state index in [1.807, 2.05) is 22.9 Å². The van der Waals surface area contributed by atoms with Gasteiger partial charge >= 0.3 is 0 Å². The molecule has 0 bridgehead atoms. The summed E-state index contributed by atoms with van der Waals surface area (Å²) in [6.45, 7) is 10.1. The average molecular weight is 415 g/mol. The lowest BCUT2D eigenvalue weighted by atomic mass is 9.79. The number of halogens is 1. The minimum absolute atomic E-state index is 0. The number of fused-ring (bicyclic) bond motifs is 1. The number of hydrogen-bond donors (Lipinski definition) is 1. The smallest absolute Gasteiger partial charge is 0.140 e. The second-order valence-corrected chi connectivity index (χ2v) is 8.68. The Morgan fingerprint density at radius 3 is 2.66 bits per heavy atom. The zero-order chi connectivity index (χ0) is 19.7. The largest absolute Gasteiger partial charge is 0.487 e. The Hall–Kier alpha value is -2.08. The summed E-state index contributed by atoms with van der Waals surface area (Å²) in [5.41, 5.74) is 10.8. The summed E-state index contributed by atoms with van der Waals surface area (Å²) >= 11 is 0. The predicted octanol–water partition coefficient (Wildman–Crippen LogP) is 4.20. The Morgan fingerprint density at radius 2 is 1.97 bits per heavy atom. The summed E-state index contributed by atoms with van der Waals surface area (Å²) in [5, 5.41) is 0. The van der Waals surface area contributed by atoms with Gasteiger partial charge in [0.15, 0.2) is 0 Å². The van der Waals surface area contributed by atoms with Gasteiger partial charge in [-0.15, -0.1) is 12.4 Å². The first-order chi connectivity index (χ1) is 13.4. The molecule has 0 spiro atoms. The number of pyridine rings is 1. The van der Waals surface area contributed by atoms with E-state index in [-0.39, 0.29) is 17.8 Å². The second kappa shape index (κ2) is 8.74. The number of benzene rings is 1. The van der Waals surface area contributed by atoms with E-state index >= 15 is 0 Å². The number of piperidine rings is 1. The molecule has 3 heterocycles. The van der Waals surface area contributed by atoms with Crippen LogP contribution in [0.5, 0.6) is 5.75 Å². The molecule has 1 saturated heterocycles. The zero-order valence-electron chi connectivity index (χ0n) is 17.5. The van der Waals surface area contributed by atoms with E-state index < -0.39 is 0 Å². The summed E-state index contributed by atoms with van der Waals surface area (Å²) in [4.78, 5) is 7.16. The third-order valence-corrected chi connectivity index (χ3v) is 5.84. The van der Waals surface area contributed by atoms with Crippen molar-refractivity contribution in [1.29, 1.82) is 0 Å². The van der Waals surface area contributed by atoms with Crippen LogP contribution in [-0.2, 0) is 13.2 Å². The molecule has 0 radical (unpaired) electrons. The van der Waals surface area contributed by atoms with Gasteiger partial charge in [-0.2, -0.15) is 0 Å². The van der Waals surface area contributed by atoms with Gasteiger partial charge in [0.2, 0.25) is 0 Å². The number of likely N-dealkylation sites (tertiary alicyclic amines) is 1. The lowest BCUT2D eigenvalue weighted by molar-refractivity contribution is 0.0898. The number of rotatable bonds is 5. The topological polar surface area (TPSA) is 55.8 Å². The number of ether oxygens (including phenoxy) is 1. The van der Waals surface area contributed by atoms with Crippen molar-refractivity contribution in [3.63, 3.8) is 0 Å². The molecule has 1 atom stereocenters. The fourth-order valence-electron chi connectivity index (χ4n) is 4.00. The van der Waals surface area contributed by atoms with E-state index in [2.05, 4.69) is 61.0 Å². The van der Waals surface area contributed by atoms with Crippen molar-refractivity contribution < 1.29 is 4.74 Å². The van der Waals surface area contributed by atoms with Crippen LogP contribution >= 0.6 is 12.4 Å². The van der Waals surface area contributed by atoms with Crippen molar-refractivity contribution in [3.8, 4) is 5.75 Å². The average Bonchev–Trinajstić information content (AvgIpc) is 3.09. The van der Waals surface area contributed by atoms with E-state index in [0.717, 1.165) is 43.1 Å². The Morgan fingerprint density at radius 1 is 1.21 bits per heavy atom. The summed E-state index contributed by atoms with van der Waals surface area (Å²) in [5.74, 6) is 0.874. The maximum absolute atomic E-state index is 6.25. The van der Waals surface area contributed by atoms with Crippen LogP contribution in [0.1, 0.15) is 37.1 Å². The molecule has 1 aliphatic rings. The third-order valence-electron chi connectivity index (χ3n) is 5.84. The maximum Gasteiger partial charge on any atom is 0.140 e. The van der Waals surface area contributed by atoms with Crippen molar-refractivity contribution in [2.75, 3.05) is 13.1 Å². The third kappa shape index (κ3) is 4.92. The molecule has 1 aromatic carbocycles. The number of nitrogens with two attached hydrogens (primary N) is 1. The van der Waals surface area contributed by atoms with Crippen molar-refractivity contribution in [2.24, 2.45) is 11.1 Å². The van der Waals surface area contributed by atoms with Crippen LogP contribution < -0.4 is 10.5 Å². The number of hydrogen-bond acceptors (Lipinski definition) is 4. The van der Waals surface area contributed by atoms with Crippen molar-refractivity contribution in [2.45, 2.75) is 46.4 Å². The molecular weight excluding hydrogens is 384 g/mol. The summed E-state index contributed by atoms with van der Waals surface area (Å²) in [6, 6.07) is 12.8. The minimum atomic E-state index is 0. The lowest BCUT2D eigenvalue weighted by Crippen LogP contribution is -2.52. The first-order valence-electron chi connectivity index (χ1n) is 10.0. The van der Waals surface area contributed by atoms with E-state index in [1.54, 1.807) is 0 Å². The fraction of sp³-hybridized carbons (Fsp3) is 0.435. The molecule has 5 nitrogen and oxygen atoms in total. The zero-order valence-corrected chi connectivity index (χ0v) is 18.3. The quantitative estimate of drug-likeness (QED) is 0.679. The van der Waals surface area contributed by atoms with Crippen LogP contribution in [0.4, 0.5) is 0 Å². The van der Waals surface area contributed by atoms with E-state index in [1.165, 1.54) is 11.1 Å². The molecule has 1 fully saturated rings. The molecule has 4 rings (SSSR count). The highest BCUT2D eigenvalue weighted by Gasteiger charge is 2.33. The molecule has 1 unspecified atom stereocenters. The molecule has 0 amide bonds. The van der Waals surface area contributed by atoms with Crippen LogP contribution in [0.2, 0.25) is 0 Å². The number of nitrogens with zero attached hydrogens (tertiary/aromatic N) is 3. The van der Waals surface area contributed by atoms with Crippen molar-refractivity contribution in [1.82, 2.24) is 14.3 Å². The van der Waals surface area contributed by atoms with E-state index in [9.17, 15) is 0 Å². The Kier molecular flexibility index (Phi) is 6.52. The Labute approximate surface area is 179 Å². The summed E-state index contributed by atoms with van der Waals surface area (Å²) in [7, 11) is 0. The van der Waals surface area contributed by atoms with Crippen LogP contribution in [0.15, 0.2) is 48.8 Å². The molecule has 2 N–H and O–H groups in total. The van der Waals surface area contributed by atoms with Gasteiger partial charge in [-0.25, -0.2) is 4.98 Å². The molecule has 6 heteroatoms. The van der Waals surface area contributed by atoms with E-state index in [0.29, 0.717) is 12.6 Å². The Bertz CT molecular complexity index is 951. The van der Waals surface area contributed by atoms with Gasteiger partial charge < -0.3 is 14.9 Å². The fourth-order valence-corrected chi connectivity index (χ4v) is 4.00. The predicted molar refractivity (Wildman–Crippen MR) is 120 cm³/mol. The van der Waals surface area contributed by atoms with Gasteiger partial charge in [0.1, 0.15) is 18.0 Å². The van der Waals surface area contributed by atoms with Crippen LogP contribution in [0, 0.1) is 12.3 Å². The molecule has 2 aromatic heterocycles. The molecule has 29 heavy (non-hydrogen) atoms. The number of aromatic nitrogens is 2. The normalized spacial score (nSPS) is 19.1. The molecule has 3 aromatic rings. The minimum Gasteiger partial charge on any atom is -0.487 e. The van der Waals surface area contributed by atoms with Crippen LogP contribution in [-0.4, -0.2) is 33.4 Å². The highest BCUT2D eigenvalue weighted by Crippen LogP contribution is 2.28. The monoisotopic (exact) mass is 414 g/mol. The molecule has 0 saturated carbocycles. The van der Waals surface area contributed by atoms with Gasteiger partial charge in [0.25, 0.3) is 0 Å². The first-order valence-corrected chi connectivity index (χ1v) is 10.0. The highest BCUT2D eigenvalue weighted by atomic mass is 35.5. The molecule has 156 valence electrons. The number of imidazole rings is 1. The molecular formula is C23H31ClN4O. The lowest BCUT2D eigenvalue weighted by Gasteiger charge is -2.42. The van der Waals surface area contributed by atoms with Gasteiger partial charge in [-0.05, 0) is 48.1 Å². The Balaban J connectivity index is 0.00000240. The van der Waals surface area contributed by atoms with Gasteiger partial charge in [0, 0.05) is 38.1 Å². The second-order valence-electron chi connectivity index (χ2n) is 8.68. The summed E-state index contributed by atoms with van der Waals surface area (Å²) in [6.07, 6.45) is 5.11. The van der Waals surface area contributed by atoms with Gasteiger partial charge in [0.05, 0.1) is 5.69 Å². The van der Waals surface area contributed by atoms with Crippen LogP contribution in [0.3, 0.4) is 0 Å². The maximum atomic E-state index is 6.25. The van der Waals surface area contributed by atoms with Crippen molar-refractivity contribution in [3.05, 3.63) is 65.6 Å². The first kappa shape index (κ1) is 21.6. The standard InChI is InChI=1S/C23H30N4O.ClH/c1-17-5-4-11-27-14-19(25-22(17)27)15-28-20-8-6-18(7-9-20)13-26-12-10-21(24)23(2,3)16-26;/h4-9,11,14,21H,10,12-13,15-16,24H2,1-3H3;1H. The van der Waals surface area contributed by atoms with Gasteiger partial charge in [-0.3, -0.25) is 4.90 Å².